The molecule has 27 nitrogen and oxygen atoms in total. The average Bonchev–Trinajstić information content (AvgIpc) is 2.12. The molecule has 5 saturated heterocycles. The van der Waals surface area contributed by atoms with E-state index in [1.165, 1.54) is 5.57 Å². The smallest absolute Gasteiger partial charge is 0.187 e. The molecule has 0 bridgehead atoms. The van der Waals surface area contributed by atoms with E-state index in [-0.39, 0.29) is 46.3 Å². The van der Waals surface area contributed by atoms with Crippen molar-refractivity contribution in [1.29, 1.82) is 0 Å². The van der Waals surface area contributed by atoms with E-state index in [2.05, 4.69) is 59.8 Å². The lowest BCUT2D eigenvalue weighted by atomic mass is 9.41. The van der Waals surface area contributed by atoms with Crippen LogP contribution in [0.1, 0.15) is 107 Å². The zero-order valence-corrected chi connectivity index (χ0v) is 51.8. The lowest BCUT2D eigenvalue weighted by Gasteiger charge is -2.63. The Hall–Kier alpha value is -1.60. The summed E-state index contributed by atoms with van der Waals surface area (Å²) in [5, 5.41) is 183. The number of allylic oxidation sites excluding steroid dienone is 3. The number of hydrogen-bond acceptors (Lipinski definition) is 27. The minimum absolute atomic E-state index is 0.0546. The van der Waals surface area contributed by atoms with Crippen LogP contribution in [0.4, 0.5) is 0 Å². The van der Waals surface area contributed by atoms with Crippen molar-refractivity contribution in [2.24, 2.45) is 51.2 Å². The first-order valence-electron chi connectivity index (χ1n) is 31.5. The highest BCUT2D eigenvalue weighted by molar-refractivity contribution is 5.35. The minimum Gasteiger partial charge on any atom is -0.394 e. The maximum atomic E-state index is 11.9. The van der Waals surface area contributed by atoms with Crippen LogP contribution in [0.5, 0.6) is 0 Å². The van der Waals surface area contributed by atoms with Gasteiger partial charge in [-0.2, -0.15) is 0 Å². The number of aliphatic hydroxyl groups is 17. The van der Waals surface area contributed by atoms with Crippen LogP contribution in [-0.2, 0) is 47.4 Å². The van der Waals surface area contributed by atoms with Crippen molar-refractivity contribution in [3.05, 3.63) is 23.8 Å². The molecule has 34 atom stereocenters. The third-order valence-electron chi connectivity index (χ3n) is 22.6. The van der Waals surface area contributed by atoms with Gasteiger partial charge in [0.25, 0.3) is 0 Å². The van der Waals surface area contributed by atoms with Crippen LogP contribution in [0.15, 0.2) is 23.8 Å². The topological polar surface area (TPSA) is 436 Å². The Balaban J connectivity index is 0.875. The molecule has 4 aliphatic carbocycles. The lowest BCUT2D eigenvalue weighted by Crippen LogP contribution is -2.65. The second-order valence-corrected chi connectivity index (χ2v) is 28.6. The maximum Gasteiger partial charge on any atom is 0.187 e. The molecule has 9 aliphatic rings. The highest BCUT2D eigenvalue weighted by atomic mass is 16.8. The van der Waals surface area contributed by atoms with Crippen molar-refractivity contribution < 1.29 is 134 Å². The van der Waals surface area contributed by atoms with Crippen molar-refractivity contribution in [3.8, 4) is 0 Å². The van der Waals surface area contributed by atoms with E-state index in [0.717, 1.165) is 25.7 Å². The molecule has 88 heavy (non-hydrogen) atoms. The molecule has 0 aromatic heterocycles. The van der Waals surface area contributed by atoms with Gasteiger partial charge >= 0.3 is 0 Å². The van der Waals surface area contributed by atoms with Crippen molar-refractivity contribution in [2.75, 3.05) is 33.0 Å². The van der Waals surface area contributed by atoms with Gasteiger partial charge in [0.2, 0.25) is 0 Å². The van der Waals surface area contributed by atoms with E-state index >= 15 is 0 Å². The molecule has 0 aromatic rings. The summed E-state index contributed by atoms with van der Waals surface area (Å²) in [6, 6.07) is 0. The van der Waals surface area contributed by atoms with Crippen LogP contribution < -0.4 is 0 Å². The normalized spacial score (nSPS) is 51.2. The highest BCUT2D eigenvalue weighted by Gasteiger charge is 2.66. The summed E-state index contributed by atoms with van der Waals surface area (Å²) >= 11 is 0. The predicted octanol–water partition coefficient (Wildman–Crippen LogP) is -3.33. The minimum atomic E-state index is -1.91. The van der Waals surface area contributed by atoms with Crippen LogP contribution in [0.25, 0.3) is 0 Å². The third kappa shape index (κ3) is 12.9. The van der Waals surface area contributed by atoms with E-state index in [4.69, 9.17) is 47.4 Å². The standard InChI is InChI=1S/C61H102O27/c1-25(10-14-37(58(5,6)78)87-56-51(88-55-50(77)45(72)41(68)32(22-64)83-55)47(74)43(70)34(85-56)24-79-52-39(66)26(2)38(65)30(20-62)81-52)27-16-17-61(9)35-13-11-28-29(59(35,7)18-19-60(27,61)8)12-15-36(57(28,3)4)86-54-49(76)46(73)42(69)33(84-54)23-80-53-48(75)44(71)40(67)31(21-63)82-53/h11,18-19,25-27,29-56,62-78H,10,12-17,20-24H2,1-9H3/t25-,26+,27?,29?,30-,31-,32-,33-,34-,35?,36+,37-,38+,39-,40-,41-,42-,43-,44+,45+,46+,47+,48-,49-,50-,51-,52-,53+,54+,55+,56+,59+,60-,61+/m1/s1. The summed E-state index contributed by atoms with van der Waals surface area (Å²) in [5.41, 5.74) is -1.67. The van der Waals surface area contributed by atoms with Crippen LogP contribution in [0, 0.1) is 51.2 Å². The predicted molar refractivity (Wildman–Crippen MR) is 302 cm³/mol. The molecule has 0 aromatic carbocycles. The van der Waals surface area contributed by atoms with Crippen LogP contribution in [-0.4, -0.2) is 285 Å². The van der Waals surface area contributed by atoms with Crippen LogP contribution in [0.3, 0.4) is 0 Å². The molecular formula is C61H102O27. The summed E-state index contributed by atoms with van der Waals surface area (Å²) in [6.45, 7) is 15.1. The fraction of sp³-hybridized carbons (Fsp3) is 0.934. The van der Waals surface area contributed by atoms with Gasteiger partial charge in [-0.05, 0) is 98.7 Å². The zero-order chi connectivity index (χ0) is 64.7. The molecule has 17 N–H and O–H groups in total. The summed E-state index contributed by atoms with van der Waals surface area (Å²) in [7, 11) is 0. The first-order chi connectivity index (χ1) is 41.2. The summed E-state index contributed by atoms with van der Waals surface area (Å²) in [6.07, 6.45) is -27.4. The number of hydrogen-bond donors (Lipinski definition) is 17. The Morgan fingerprint density at radius 3 is 1.58 bits per heavy atom. The fourth-order valence-electron chi connectivity index (χ4n) is 16.5. The number of rotatable bonds is 20. The Morgan fingerprint density at radius 2 is 1.02 bits per heavy atom. The van der Waals surface area contributed by atoms with E-state index < -0.39 is 210 Å². The molecule has 27 heteroatoms. The van der Waals surface area contributed by atoms with Gasteiger partial charge in [0.15, 0.2) is 31.5 Å². The molecule has 9 rings (SSSR count). The Kier molecular flexibility index (Phi) is 21.9. The Labute approximate surface area is 513 Å². The van der Waals surface area contributed by atoms with Gasteiger partial charge in [-0.15, -0.1) is 0 Å². The van der Waals surface area contributed by atoms with Crippen molar-refractivity contribution in [2.45, 2.75) is 272 Å². The van der Waals surface area contributed by atoms with Gasteiger partial charge < -0.3 is 134 Å². The quantitative estimate of drug-likeness (QED) is 0.0530. The van der Waals surface area contributed by atoms with Gasteiger partial charge in [-0.25, -0.2) is 0 Å². The fourth-order valence-corrected chi connectivity index (χ4v) is 16.5. The third-order valence-corrected chi connectivity index (χ3v) is 22.6. The van der Waals surface area contributed by atoms with Crippen molar-refractivity contribution in [3.63, 3.8) is 0 Å². The van der Waals surface area contributed by atoms with Crippen molar-refractivity contribution >= 4 is 0 Å². The molecule has 3 unspecified atom stereocenters. The molecule has 0 radical (unpaired) electrons. The number of fused-ring (bicyclic) bond motifs is 5. The van der Waals surface area contributed by atoms with Gasteiger partial charge in [0, 0.05) is 11.3 Å². The average molecular weight is 1270 g/mol. The molecule has 508 valence electrons. The van der Waals surface area contributed by atoms with Gasteiger partial charge in [-0.3, -0.25) is 0 Å². The number of ether oxygens (including phenoxy) is 10. The molecule has 5 heterocycles. The zero-order valence-electron chi connectivity index (χ0n) is 51.8. The van der Waals surface area contributed by atoms with Crippen LogP contribution >= 0.6 is 0 Å². The largest absolute Gasteiger partial charge is 0.394 e. The van der Waals surface area contributed by atoms with Crippen LogP contribution in [0.2, 0.25) is 0 Å². The molecule has 2 saturated carbocycles. The molecule has 5 aliphatic heterocycles. The lowest BCUT2D eigenvalue weighted by molar-refractivity contribution is -0.380. The van der Waals surface area contributed by atoms with Gasteiger partial charge in [0.05, 0.1) is 56.9 Å². The summed E-state index contributed by atoms with van der Waals surface area (Å²) in [5.74, 6) is -0.216. The molecule has 0 amide bonds. The molecular weight excluding hydrogens is 1160 g/mol. The first kappa shape index (κ1) is 70.7. The first-order valence-corrected chi connectivity index (χ1v) is 31.5. The SMILES string of the molecule is C[C@@H]1[C@@H](O)[C@H](OC[C@H]2O[C@@H](O[C@H](CC[C@@H](C)C3CC[C@@]4(C)C5CC=C6C(CC[C@H](O[C@@H]7O[C@H](CO[C@H]8O[C@H](CO)[C@@H](O)[C@H](O)[C@H]8O)[C@@H](O)[C@H](O)[C@H]7O)C6(C)C)[C@]5(C)C=C[C@]34C)C(C)(C)O)[C@H](O[C@@H]3O[C@H](CO)[C@@H](O)[C@H](O)[C@H]3O)[C@@H](O)[C@@H]2O)O[C@H](CO)[C@H]1O. The molecule has 7 fully saturated rings. The highest BCUT2D eigenvalue weighted by Crippen LogP contribution is 2.73. The Morgan fingerprint density at radius 1 is 0.545 bits per heavy atom. The summed E-state index contributed by atoms with van der Waals surface area (Å²) < 4.78 is 59.9. The number of aliphatic hydroxyl groups excluding tert-OH is 16. The maximum absolute atomic E-state index is 11.9. The van der Waals surface area contributed by atoms with E-state index in [0.29, 0.717) is 12.8 Å². The second kappa shape index (κ2) is 27.3. The second-order valence-electron chi connectivity index (χ2n) is 28.6. The Bertz CT molecular complexity index is 2350. The van der Waals surface area contributed by atoms with E-state index in [9.17, 15) is 86.8 Å². The van der Waals surface area contributed by atoms with E-state index in [1.54, 1.807) is 20.8 Å². The molecule has 0 spiro atoms. The monoisotopic (exact) mass is 1270 g/mol. The van der Waals surface area contributed by atoms with Gasteiger partial charge in [-0.1, -0.05) is 72.3 Å². The van der Waals surface area contributed by atoms with Gasteiger partial charge in [0.1, 0.15) is 110 Å². The van der Waals surface area contributed by atoms with E-state index in [1.807, 2.05) is 0 Å². The summed E-state index contributed by atoms with van der Waals surface area (Å²) in [4.78, 5) is 0. The van der Waals surface area contributed by atoms with Crippen molar-refractivity contribution in [1.82, 2.24) is 0 Å².